The first-order chi connectivity index (χ1) is 7.22. The van der Waals surface area contributed by atoms with Crippen molar-refractivity contribution < 1.29 is 9.47 Å². The van der Waals surface area contributed by atoms with Gasteiger partial charge in [-0.2, -0.15) is 0 Å². The maximum Gasteiger partial charge on any atom is 0.181 e. The Kier molecular flexibility index (Phi) is 5.85. The Morgan fingerprint density at radius 1 is 1.53 bits per heavy atom. The van der Waals surface area contributed by atoms with Crippen molar-refractivity contribution in [3.63, 3.8) is 0 Å². The molecule has 0 saturated carbocycles. The molecular formula is C9H19N3O2S. The molecule has 6 heteroatoms. The lowest BCUT2D eigenvalue weighted by Gasteiger charge is -2.29. The van der Waals surface area contributed by atoms with E-state index in [1.165, 1.54) is 0 Å². The highest BCUT2D eigenvalue weighted by Crippen LogP contribution is 1.92. The lowest BCUT2D eigenvalue weighted by Crippen LogP contribution is -2.53. The number of morpholine rings is 1. The fraction of sp³-hybridized carbons (Fsp3) is 0.889. The normalized spacial score (nSPS) is 19.6. The minimum absolute atomic E-state index is 0.219. The summed E-state index contributed by atoms with van der Waals surface area (Å²) in [6, 6.07) is 0.219. The lowest BCUT2D eigenvalue weighted by atomic mass is 10.4. The Bertz CT molecular complexity index is 198. The summed E-state index contributed by atoms with van der Waals surface area (Å²) in [4.78, 5) is 0. The number of methoxy groups -OCH3 is 1. The molecule has 0 aromatic carbocycles. The first-order valence-electron chi connectivity index (χ1n) is 5.11. The van der Waals surface area contributed by atoms with Gasteiger partial charge in [0.2, 0.25) is 0 Å². The topological polar surface area (TPSA) is 45.8 Å². The van der Waals surface area contributed by atoms with Crippen LogP contribution in [0, 0.1) is 0 Å². The molecule has 2 N–H and O–H groups in total. The van der Waals surface area contributed by atoms with Crippen molar-refractivity contribution in [3.05, 3.63) is 0 Å². The Labute approximate surface area is 96.1 Å². The number of nitrogens with one attached hydrogen (secondary N) is 2. The molecule has 0 aliphatic carbocycles. The second-order valence-corrected chi connectivity index (χ2v) is 3.95. The van der Waals surface area contributed by atoms with Gasteiger partial charge in [0, 0.05) is 26.2 Å². The summed E-state index contributed by atoms with van der Waals surface area (Å²) in [5.41, 5.74) is 3.13. The molecule has 1 saturated heterocycles. The van der Waals surface area contributed by atoms with E-state index < -0.39 is 0 Å². The molecule has 1 atom stereocenters. The van der Waals surface area contributed by atoms with E-state index >= 15 is 0 Å². The summed E-state index contributed by atoms with van der Waals surface area (Å²) in [5.74, 6) is 0. The quantitative estimate of drug-likeness (QED) is 0.652. The summed E-state index contributed by atoms with van der Waals surface area (Å²) < 4.78 is 10.2. The average molecular weight is 233 g/mol. The minimum Gasteiger partial charge on any atom is -0.383 e. The number of nitrogens with zero attached hydrogens (tertiary/aromatic N) is 1. The lowest BCUT2D eigenvalue weighted by molar-refractivity contribution is 0.0245. The van der Waals surface area contributed by atoms with Gasteiger partial charge in [-0.3, -0.25) is 5.43 Å². The van der Waals surface area contributed by atoms with Crippen molar-refractivity contribution in [1.82, 2.24) is 15.8 Å². The van der Waals surface area contributed by atoms with Gasteiger partial charge in [0.1, 0.15) is 0 Å². The maximum atomic E-state index is 5.24. The van der Waals surface area contributed by atoms with E-state index in [4.69, 9.17) is 21.7 Å². The molecule has 0 aromatic heterocycles. The van der Waals surface area contributed by atoms with Crippen LogP contribution in [0.4, 0.5) is 0 Å². The predicted molar refractivity (Wildman–Crippen MR) is 62.6 cm³/mol. The van der Waals surface area contributed by atoms with Gasteiger partial charge in [0.05, 0.1) is 19.8 Å². The van der Waals surface area contributed by atoms with E-state index in [1.54, 1.807) is 7.11 Å². The van der Waals surface area contributed by atoms with Crippen molar-refractivity contribution in [2.24, 2.45) is 0 Å². The molecular weight excluding hydrogens is 214 g/mol. The van der Waals surface area contributed by atoms with Gasteiger partial charge in [0.15, 0.2) is 5.11 Å². The zero-order valence-electron chi connectivity index (χ0n) is 9.28. The summed E-state index contributed by atoms with van der Waals surface area (Å²) in [6.45, 7) is 5.90. The van der Waals surface area contributed by atoms with E-state index in [-0.39, 0.29) is 6.04 Å². The molecule has 5 nitrogen and oxygen atoms in total. The second-order valence-electron chi connectivity index (χ2n) is 3.54. The largest absolute Gasteiger partial charge is 0.383 e. The van der Waals surface area contributed by atoms with Gasteiger partial charge in [-0.15, -0.1) is 0 Å². The van der Waals surface area contributed by atoms with Crippen LogP contribution >= 0.6 is 12.2 Å². The minimum atomic E-state index is 0.219. The fourth-order valence-corrected chi connectivity index (χ4v) is 1.70. The molecule has 0 amide bonds. The van der Waals surface area contributed by atoms with E-state index in [1.807, 2.05) is 6.92 Å². The monoisotopic (exact) mass is 233 g/mol. The second kappa shape index (κ2) is 6.95. The van der Waals surface area contributed by atoms with Crippen LogP contribution in [0.3, 0.4) is 0 Å². The number of rotatable bonds is 4. The van der Waals surface area contributed by atoms with E-state index in [0.29, 0.717) is 11.7 Å². The van der Waals surface area contributed by atoms with E-state index in [2.05, 4.69) is 15.8 Å². The van der Waals surface area contributed by atoms with Crippen molar-refractivity contribution in [3.8, 4) is 0 Å². The van der Waals surface area contributed by atoms with Crippen molar-refractivity contribution in [1.29, 1.82) is 0 Å². The zero-order valence-corrected chi connectivity index (χ0v) is 10.1. The van der Waals surface area contributed by atoms with E-state index in [0.717, 1.165) is 26.3 Å². The highest BCUT2D eigenvalue weighted by atomic mass is 32.1. The molecule has 1 rings (SSSR count). The Morgan fingerprint density at radius 2 is 2.20 bits per heavy atom. The molecule has 1 fully saturated rings. The summed E-state index contributed by atoms with van der Waals surface area (Å²) in [5, 5.41) is 5.84. The molecule has 1 aliphatic heterocycles. The first kappa shape index (κ1) is 12.6. The molecule has 15 heavy (non-hydrogen) atoms. The first-order valence-corrected chi connectivity index (χ1v) is 5.52. The zero-order chi connectivity index (χ0) is 11.1. The molecule has 0 aromatic rings. The SMILES string of the molecule is COCC(C)NC(=S)NN1CCOCC1. The van der Waals surface area contributed by atoms with Crippen LogP contribution < -0.4 is 10.7 Å². The molecule has 0 bridgehead atoms. The van der Waals surface area contributed by atoms with Crippen molar-refractivity contribution in [2.45, 2.75) is 13.0 Å². The molecule has 0 spiro atoms. The molecule has 1 aliphatic rings. The number of ether oxygens (including phenoxy) is 2. The third-order valence-corrected chi connectivity index (χ3v) is 2.27. The number of hydrogen-bond acceptors (Lipinski definition) is 4. The Balaban J connectivity index is 2.16. The highest BCUT2D eigenvalue weighted by molar-refractivity contribution is 7.80. The van der Waals surface area contributed by atoms with Crippen LogP contribution in [-0.2, 0) is 9.47 Å². The van der Waals surface area contributed by atoms with Crippen LogP contribution in [0.1, 0.15) is 6.92 Å². The molecule has 88 valence electrons. The molecule has 1 heterocycles. The third-order valence-electron chi connectivity index (χ3n) is 2.06. The number of hydrazine groups is 1. The maximum absolute atomic E-state index is 5.24. The van der Waals surface area contributed by atoms with Crippen molar-refractivity contribution >= 4 is 17.3 Å². The smallest absolute Gasteiger partial charge is 0.181 e. The summed E-state index contributed by atoms with van der Waals surface area (Å²) in [6.07, 6.45) is 0. The van der Waals surface area contributed by atoms with Crippen LogP contribution in [0.5, 0.6) is 0 Å². The van der Waals surface area contributed by atoms with Gasteiger partial charge in [-0.05, 0) is 19.1 Å². The Morgan fingerprint density at radius 3 is 2.80 bits per heavy atom. The predicted octanol–water partition coefficient (Wildman–Crippen LogP) is -0.267. The average Bonchev–Trinajstić information content (AvgIpc) is 2.19. The van der Waals surface area contributed by atoms with Gasteiger partial charge < -0.3 is 14.8 Å². The van der Waals surface area contributed by atoms with Crippen LogP contribution in [0.15, 0.2) is 0 Å². The highest BCUT2D eigenvalue weighted by Gasteiger charge is 2.11. The summed E-state index contributed by atoms with van der Waals surface area (Å²) >= 11 is 5.17. The van der Waals surface area contributed by atoms with E-state index in [9.17, 15) is 0 Å². The fourth-order valence-electron chi connectivity index (χ4n) is 1.37. The van der Waals surface area contributed by atoms with Gasteiger partial charge in [0.25, 0.3) is 0 Å². The van der Waals surface area contributed by atoms with Crippen LogP contribution in [0.2, 0.25) is 0 Å². The standard InChI is InChI=1S/C9H19N3O2S/c1-8(7-13-2)10-9(15)11-12-3-5-14-6-4-12/h8H,3-7H2,1-2H3,(H2,10,11,15). The molecule has 1 unspecified atom stereocenters. The van der Waals surface area contributed by atoms with Gasteiger partial charge in [-0.25, -0.2) is 5.01 Å². The van der Waals surface area contributed by atoms with Crippen LogP contribution in [0.25, 0.3) is 0 Å². The van der Waals surface area contributed by atoms with Gasteiger partial charge in [-0.1, -0.05) is 0 Å². The third kappa shape index (κ3) is 5.27. The van der Waals surface area contributed by atoms with Gasteiger partial charge >= 0.3 is 0 Å². The Hall–Kier alpha value is -0.430. The number of thiocarbonyl (C=S) groups is 1. The number of hydrogen-bond donors (Lipinski definition) is 2. The molecule has 0 radical (unpaired) electrons. The van der Waals surface area contributed by atoms with Crippen molar-refractivity contribution in [2.75, 3.05) is 40.0 Å². The summed E-state index contributed by atoms with van der Waals surface area (Å²) in [7, 11) is 1.68. The van der Waals surface area contributed by atoms with Crippen LogP contribution in [-0.4, -0.2) is 56.2 Å².